The highest BCUT2D eigenvalue weighted by molar-refractivity contribution is 7.90. The molecule has 160 valence electrons. The molecule has 0 aliphatic carbocycles. The average Bonchev–Trinajstić information content (AvgIpc) is 2.76. The summed E-state index contributed by atoms with van der Waals surface area (Å²) in [6, 6.07) is 16.4. The van der Waals surface area contributed by atoms with Gasteiger partial charge in [0, 0.05) is 11.6 Å². The fourth-order valence-electron chi connectivity index (χ4n) is 3.76. The van der Waals surface area contributed by atoms with E-state index in [1.54, 1.807) is 54.6 Å². The van der Waals surface area contributed by atoms with Crippen LogP contribution in [0.2, 0.25) is 0 Å². The van der Waals surface area contributed by atoms with Crippen LogP contribution in [-0.4, -0.2) is 28.9 Å². The summed E-state index contributed by atoms with van der Waals surface area (Å²) in [5, 5.41) is 14.2. The number of nitrogens with two attached hydrogens (primary N) is 1. The number of nitrogens with zero attached hydrogens (tertiary/aromatic N) is 3. The van der Waals surface area contributed by atoms with Crippen molar-refractivity contribution in [2.45, 2.75) is 11.4 Å². The zero-order valence-electron chi connectivity index (χ0n) is 16.6. The molecule has 0 fully saturated rings. The highest BCUT2D eigenvalue weighted by Crippen LogP contribution is 2.32. The van der Waals surface area contributed by atoms with E-state index in [2.05, 4.69) is 14.7 Å². The van der Waals surface area contributed by atoms with E-state index in [0.29, 0.717) is 16.7 Å². The van der Waals surface area contributed by atoms with E-state index >= 15 is 0 Å². The normalized spacial score (nSPS) is 14.4. The number of nitrogen functional groups attached to an aromatic ring is 1. The SMILES string of the molecule is Nc1cc(Cn2c(=O)c(C3=NS(=O)(=O)c4ccccc4N3)c(O)c3ccccc32)ccn1. The number of sulfonamides is 1. The molecular weight excluding hydrogens is 430 g/mol. The highest BCUT2D eigenvalue weighted by Gasteiger charge is 2.29. The summed E-state index contributed by atoms with van der Waals surface area (Å²) >= 11 is 0. The Kier molecular flexibility index (Phi) is 4.45. The molecule has 3 heterocycles. The van der Waals surface area contributed by atoms with Crippen molar-refractivity contribution in [2.75, 3.05) is 11.1 Å². The summed E-state index contributed by atoms with van der Waals surface area (Å²) in [5.41, 5.74) is 6.42. The molecule has 0 saturated carbocycles. The fraction of sp³-hybridized carbons (Fsp3) is 0.0455. The number of amidine groups is 1. The number of aromatic nitrogens is 2. The second kappa shape index (κ2) is 7.20. The van der Waals surface area contributed by atoms with Gasteiger partial charge in [0.05, 0.1) is 17.7 Å². The molecule has 10 heteroatoms. The number of fused-ring (bicyclic) bond motifs is 2. The number of benzene rings is 2. The molecule has 5 rings (SSSR count). The van der Waals surface area contributed by atoms with E-state index in [1.807, 2.05) is 0 Å². The van der Waals surface area contributed by atoms with Crippen LogP contribution in [0, 0.1) is 0 Å². The Morgan fingerprint density at radius 1 is 1.06 bits per heavy atom. The van der Waals surface area contributed by atoms with Gasteiger partial charge in [-0.2, -0.15) is 8.42 Å². The number of para-hydroxylation sites is 2. The van der Waals surface area contributed by atoms with Crippen molar-refractivity contribution in [1.82, 2.24) is 9.55 Å². The average molecular weight is 447 g/mol. The quantitative estimate of drug-likeness (QED) is 0.438. The predicted molar refractivity (Wildman–Crippen MR) is 121 cm³/mol. The third kappa shape index (κ3) is 3.17. The van der Waals surface area contributed by atoms with Crippen molar-refractivity contribution in [3.63, 3.8) is 0 Å². The van der Waals surface area contributed by atoms with Gasteiger partial charge in [0.1, 0.15) is 22.0 Å². The van der Waals surface area contributed by atoms with Gasteiger partial charge in [0.25, 0.3) is 15.6 Å². The van der Waals surface area contributed by atoms with Crippen LogP contribution in [0.5, 0.6) is 5.75 Å². The fourth-order valence-corrected chi connectivity index (χ4v) is 4.88. The number of nitrogens with one attached hydrogen (secondary N) is 1. The Bertz CT molecular complexity index is 1590. The van der Waals surface area contributed by atoms with Gasteiger partial charge in [-0.15, -0.1) is 4.40 Å². The zero-order chi connectivity index (χ0) is 22.5. The number of hydrogen-bond acceptors (Lipinski definition) is 7. The predicted octanol–water partition coefficient (Wildman–Crippen LogP) is 2.29. The molecule has 1 aliphatic heterocycles. The molecule has 0 atom stereocenters. The molecule has 0 saturated heterocycles. The first-order valence-electron chi connectivity index (χ1n) is 9.61. The maximum absolute atomic E-state index is 13.6. The number of rotatable bonds is 3. The Morgan fingerprint density at radius 3 is 2.62 bits per heavy atom. The number of pyridine rings is 2. The summed E-state index contributed by atoms with van der Waals surface area (Å²) in [4.78, 5) is 17.5. The molecule has 4 aromatic rings. The van der Waals surface area contributed by atoms with Crippen molar-refractivity contribution in [3.05, 3.63) is 88.3 Å². The highest BCUT2D eigenvalue weighted by atomic mass is 32.2. The van der Waals surface area contributed by atoms with Gasteiger partial charge in [-0.25, -0.2) is 4.98 Å². The largest absolute Gasteiger partial charge is 0.506 e. The van der Waals surface area contributed by atoms with Crippen molar-refractivity contribution in [3.8, 4) is 5.75 Å². The van der Waals surface area contributed by atoms with Crippen LogP contribution in [0.4, 0.5) is 11.5 Å². The minimum Gasteiger partial charge on any atom is -0.506 e. The topological polar surface area (TPSA) is 140 Å². The molecule has 4 N–H and O–H groups in total. The van der Waals surface area contributed by atoms with Crippen molar-refractivity contribution in [1.29, 1.82) is 0 Å². The van der Waals surface area contributed by atoms with Crippen molar-refractivity contribution < 1.29 is 13.5 Å². The van der Waals surface area contributed by atoms with Crippen LogP contribution < -0.4 is 16.6 Å². The molecule has 9 nitrogen and oxygen atoms in total. The van der Waals surface area contributed by atoms with Crippen LogP contribution in [0.15, 0.2) is 80.9 Å². The van der Waals surface area contributed by atoms with E-state index in [-0.39, 0.29) is 34.3 Å². The van der Waals surface area contributed by atoms with Crippen LogP contribution in [0.25, 0.3) is 10.9 Å². The van der Waals surface area contributed by atoms with Crippen LogP contribution in [0.1, 0.15) is 11.1 Å². The Labute approximate surface area is 182 Å². The molecule has 0 spiro atoms. The molecule has 2 aromatic heterocycles. The second-order valence-corrected chi connectivity index (χ2v) is 8.83. The van der Waals surface area contributed by atoms with Gasteiger partial charge in [-0.3, -0.25) is 4.79 Å². The lowest BCUT2D eigenvalue weighted by molar-refractivity contribution is 0.478. The molecule has 32 heavy (non-hydrogen) atoms. The van der Waals surface area contributed by atoms with E-state index in [9.17, 15) is 18.3 Å². The summed E-state index contributed by atoms with van der Waals surface area (Å²) < 4.78 is 30.7. The molecule has 0 radical (unpaired) electrons. The third-order valence-corrected chi connectivity index (χ3v) is 6.53. The van der Waals surface area contributed by atoms with Crippen LogP contribution >= 0.6 is 0 Å². The van der Waals surface area contributed by atoms with E-state index < -0.39 is 15.6 Å². The lowest BCUT2D eigenvalue weighted by atomic mass is 10.1. The molecule has 1 aliphatic rings. The monoisotopic (exact) mass is 447 g/mol. The molecule has 0 amide bonds. The third-order valence-electron chi connectivity index (χ3n) is 5.20. The maximum atomic E-state index is 13.6. The van der Waals surface area contributed by atoms with Crippen LogP contribution in [0.3, 0.4) is 0 Å². The summed E-state index contributed by atoms with van der Waals surface area (Å²) in [6.45, 7) is 0.135. The standard InChI is InChI=1S/C22H17N5O4S/c23-18-11-13(9-10-24-18)12-27-16-7-3-1-5-14(16)20(28)19(22(27)29)21-25-15-6-2-4-8-17(15)32(30,31)26-21/h1-11,28H,12H2,(H2,23,24)(H,25,26). The molecular formula is C22H17N5O4S. The van der Waals surface area contributed by atoms with Gasteiger partial charge >= 0.3 is 0 Å². The minimum atomic E-state index is -4.06. The van der Waals surface area contributed by atoms with E-state index in [4.69, 9.17) is 5.73 Å². The van der Waals surface area contributed by atoms with Gasteiger partial charge in [-0.1, -0.05) is 24.3 Å². The summed E-state index contributed by atoms with van der Waals surface area (Å²) in [6.07, 6.45) is 1.54. The lowest BCUT2D eigenvalue weighted by Crippen LogP contribution is -2.33. The molecule has 0 unspecified atom stereocenters. The Hall–Kier alpha value is -4.18. The van der Waals surface area contributed by atoms with Gasteiger partial charge in [0.15, 0.2) is 5.84 Å². The van der Waals surface area contributed by atoms with Crippen molar-refractivity contribution >= 4 is 38.3 Å². The number of hydrogen-bond donors (Lipinski definition) is 3. The lowest BCUT2D eigenvalue weighted by Gasteiger charge is -2.20. The van der Waals surface area contributed by atoms with Gasteiger partial charge in [-0.05, 0) is 42.0 Å². The first kappa shape index (κ1) is 19.8. The first-order chi connectivity index (χ1) is 15.3. The second-order valence-electron chi connectivity index (χ2n) is 7.26. The number of anilines is 2. The molecule has 2 aromatic carbocycles. The summed E-state index contributed by atoms with van der Waals surface area (Å²) in [7, 11) is -4.06. The Morgan fingerprint density at radius 2 is 1.81 bits per heavy atom. The minimum absolute atomic E-state index is 0.00313. The zero-order valence-corrected chi connectivity index (χ0v) is 17.4. The Balaban J connectivity index is 1.77. The number of aromatic hydroxyl groups is 1. The van der Waals surface area contributed by atoms with Gasteiger partial charge in [0.2, 0.25) is 0 Å². The molecule has 0 bridgehead atoms. The van der Waals surface area contributed by atoms with Crippen LogP contribution in [-0.2, 0) is 16.6 Å². The smallest absolute Gasteiger partial charge is 0.286 e. The van der Waals surface area contributed by atoms with E-state index in [1.165, 1.54) is 16.8 Å². The van der Waals surface area contributed by atoms with E-state index in [0.717, 1.165) is 5.56 Å². The first-order valence-corrected chi connectivity index (χ1v) is 11.1. The summed E-state index contributed by atoms with van der Waals surface area (Å²) in [5.74, 6) is -0.281. The maximum Gasteiger partial charge on any atom is 0.286 e. The van der Waals surface area contributed by atoms with Gasteiger partial charge < -0.3 is 20.7 Å². The van der Waals surface area contributed by atoms with Crippen molar-refractivity contribution in [2.24, 2.45) is 4.40 Å².